The lowest BCUT2D eigenvalue weighted by molar-refractivity contribution is -0.161. The zero-order chi connectivity index (χ0) is 70.4. The number of rotatable bonds is 70. The van der Waals surface area contributed by atoms with Gasteiger partial charge in [0.05, 0.1) is 26.4 Å². The van der Waals surface area contributed by atoms with E-state index in [9.17, 15) is 43.2 Å². The van der Waals surface area contributed by atoms with E-state index in [4.69, 9.17) is 37.0 Å². The van der Waals surface area contributed by atoms with Crippen LogP contribution in [0.15, 0.2) is 97.2 Å². The van der Waals surface area contributed by atoms with Crippen LogP contribution in [0.25, 0.3) is 0 Å². The summed E-state index contributed by atoms with van der Waals surface area (Å²) < 4.78 is 68.3. The van der Waals surface area contributed by atoms with Gasteiger partial charge in [-0.1, -0.05) is 279 Å². The van der Waals surface area contributed by atoms with Crippen molar-refractivity contribution in [2.45, 2.75) is 329 Å². The lowest BCUT2D eigenvalue weighted by atomic mass is 10.0. The van der Waals surface area contributed by atoms with E-state index < -0.39 is 97.5 Å². The van der Waals surface area contributed by atoms with Crippen LogP contribution in [-0.2, 0) is 65.4 Å². The van der Waals surface area contributed by atoms with Gasteiger partial charge in [-0.15, -0.1) is 0 Å². The molecule has 0 aliphatic carbocycles. The molecule has 0 fully saturated rings. The van der Waals surface area contributed by atoms with Gasteiger partial charge in [-0.3, -0.25) is 37.3 Å². The standard InChI is InChI=1S/C77H134O17P2/c1-5-9-13-17-21-25-29-32-34-35-37-40-43-46-50-54-58-62-75(80)88-68-73(94-77(82)64-60-56-52-48-44-38-31-27-23-19-15-11-7-3)70-92-96(85,86)90-66-71(78)65-89-95(83,84)91-69-72(93-76(81)63-59-55-51-47-41-28-24-20-16-12-8-4)67-87-74(79)61-57-53-49-45-42-39-36-33-30-26-22-18-14-10-6-2/h9-10,13-14,21-22,25-26,32-34,36-37,40,42,45,71-73,78H,5-8,11-12,15-20,23-24,27-31,35,38-39,41,43-44,46-70H2,1-4H3,(H,83,84)(H,85,86)/b13-9-,14-10-,25-21-,26-22-,34-32-,36-33-,40-37-,45-42-. The predicted octanol–water partition coefficient (Wildman–Crippen LogP) is 21.2. The van der Waals surface area contributed by atoms with Crippen LogP contribution < -0.4 is 0 Å². The summed E-state index contributed by atoms with van der Waals surface area (Å²) in [4.78, 5) is 72.7. The molecule has 0 radical (unpaired) electrons. The van der Waals surface area contributed by atoms with E-state index in [1.54, 1.807) is 0 Å². The normalized spacial score (nSPS) is 14.5. The first kappa shape index (κ1) is 92.0. The summed E-state index contributed by atoms with van der Waals surface area (Å²) in [6.07, 6.45) is 71.2. The zero-order valence-corrected chi connectivity index (χ0v) is 62.1. The maximum atomic E-state index is 13.1. The molecule has 0 aliphatic rings. The molecule has 0 saturated carbocycles. The average molecular weight is 1390 g/mol. The topological polar surface area (TPSA) is 237 Å². The van der Waals surface area contributed by atoms with E-state index in [-0.39, 0.29) is 25.7 Å². The fourth-order valence-electron chi connectivity index (χ4n) is 9.91. The first-order valence-corrected chi connectivity index (χ1v) is 40.5. The largest absolute Gasteiger partial charge is 0.472 e. The fraction of sp³-hybridized carbons (Fsp3) is 0.740. The Kier molecular flexibility index (Phi) is 66.6. The average Bonchev–Trinajstić information content (AvgIpc) is 1.17. The second-order valence-corrected chi connectivity index (χ2v) is 27.7. The number of hydrogen-bond acceptors (Lipinski definition) is 15. The number of ether oxygens (including phenoxy) is 4. The third-order valence-corrected chi connectivity index (χ3v) is 17.5. The van der Waals surface area contributed by atoms with Crippen molar-refractivity contribution in [2.75, 3.05) is 39.6 Å². The number of carbonyl (C=O) groups is 4. The molecule has 0 spiro atoms. The van der Waals surface area contributed by atoms with Crippen molar-refractivity contribution in [1.82, 2.24) is 0 Å². The number of hydrogen-bond donors (Lipinski definition) is 3. The second-order valence-electron chi connectivity index (χ2n) is 24.8. The predicted molar refractivity (Wildman–Crippen MR) is 390 cm³/mol. The van der Waals surface area contributed by atoms with Crippen molar-refractivity contribution >= 4 is 39.5 Å². The van der Waals surface area contributed by atoms with Gasteiger partial charge in [0.1, 0.15) is 19.3 Å². The van der Waals surface area contributed by atoms with Gasteiger partial charge in [0.2, 0.25) is 0 Å². The van der Waals surface area contributed by atoms with Crippen LogP contribution >= 0.6 is 15.6 Å². The summed E-state index contributed by atoms with van der Waals surface area (Å²) in [7, 11) is -9.95. The summed E-state index contributed by atoms with van der Waals surface area (Å²) in [6.45, 7) is 4.58. The molecule has 0 heterocycles. The van der Waals surface area contributed by atoms with Gasteiger partial charge in [0.15, 0.2) is 12.2 Å². The van der Waals surface area contributed by atoms with E-state index in [2.05, 4.69) is 125 Å². The Morgan fingerprint density at radius 1 is 0.302 bits per heavy atom. The maximum Gasteiger partial charge on any atom is 0.472 e. The van der Waals surface area contributed by atoms with Gasteiger partial charge in [0.25, 0.3) is 0 Å². The molecule has 5 unspecified atom stereocenters. The highest BCUT2D eigenvalue weighted by molar-refractivity contribution is 7.47. The van der Waals surface area contributed by atoms with E-state index in [0.29, 0.717) is 25.7 Å². The molecule has 19 heteroatoms. The Labute approximate surface area is 582 Å². The molecule has 3 N–H and O–H groups in total. The highest BCUT2D eigenvalue weighted by Crippen LogP contribution is 2.45. The van der Waals surface area contributed by atoms with Crippen molar-refractivity contribution in [3.05, 3.63) is 97.2 Å². The number of aliphatic hydroxyl groups excluding tert-OH is 1. The molecule has 0 bridgehead atoms. The molecule has 0 amide bonds. The van der Waals surface area contributed by atoms with E-state index in [1.165, 1.54) is 89.9 Å². The quantitative estimate of drug-likeness (QED) is 0.0169. The van der Waals surface area contributed by atoms with Crippen molar-refractivity contribution in [3.63, 3.8) is 0 Å². The molecule has 554 valence electrons. The van der Waals surface area contributed by atoms with Gasteiger partial charge in [-0.2, -0.15) is 0 Å². The van der Waals surface area contributed by atoms with Crippen molar-refractivity contribution in [2.24, 2.45) is 0 Å². The van der Waals surface area contributed by atoms with E-state index in [1.807, 2.05) is 0 Å². The number of allylic oxidation sites excluding steroid dienone is 16. The Hall–Kier alpha value is -4.02. The van der Waals surface area contributed by atoms with Crippen LogP contribution in [0.3, 0.4) is 0 Å². The SMILES string of the molecule is CC/C=C\C/C=C\C/C=C\C/C=C\CCCCCCC(=O)OCC(COP(=O)(O)OCC(O)COP(=O)(O)OCC(COC(=O)CCCC/C=C\C/C=C\C/C=C\C/C=C\CC)OC(=O)CCCCCCCCCCCCC)OC(=O)CCCCCCCCCCCCCCC. The fourth-order valence-corrected chi connectivity index (χ4v) is 11.5. The summed E-state index contributed by atoms with van der Waals surface area (Å²) in [5, 5.41) is 10.6. The molecule has 0 aromatic carbocycles. The van der Waals surface area contributed by atoms with E-state index in [0.717, 1.165) is 141 Å². The molecule has 0 aliphatic heterocycles. The first-order valence-electron chi connectivity index (χ1n) is 37.5. The summed E-state index contributed by atoms with van der Waals surface area (Å²) >= 11 is 0. The number of esters is 4. The Morgan fingerprint density at radius 3 is 0.854 bits per heavy atom. The molecule has 0 rings (SSSR count). The van der Waals surface area contributed by atoms with Crippen molar-refractivity contribution < 1.29 is 80.2 Å². The highest BCUT2D eigenvalue weighted by atomic mass is 31.2. The van der Waals surface area contributed by atoms with Crippen molar-refractivity contribution in [3.8, 4) is 0 Å². The van der Waals surface area contributed by atoms with E-state index >= 15 is 0 Å². The van der Waals surface area contributed by atoms with Gasteiger partial charge in [-0.25, -0.2) is 9.13 Å². The van der Waals surface area contributed by atoms with Crippen LogP contribution in [0.1, 0.15) is 310 Å². The number of carbonyl (C=O) groups excluding carboxylic acids is 4. The van der Waals surface area contributed by atoms with Gasteiger partial charge >= 0.3 is 39.5 Å². The molecular weight excluding hydrogens is 1260 g/mol. The molecule has 0 aromatic rings. The van der Waals surface area contributed by atoms with Crippen LogP contribution in [0.4, 0.5) is 0 Å². The molecule has 96 heavy (non-hydrogen) atoms. The minimum absolute atomic E-state index is 0.0881. The minimum atomic E-state index is -4.98. The minimum Gasteiger partial charge on any atom is -0.462 e. The monoisotopic (exact) mass is 1390 g/mol. The van der Waals surface area contributed by atoms with Crippen LogP contribution in [0.2, 0.25) is 0 Å². The van der Waals surface area contributed by atoms with Gasteiger partial charge < -0.3 is 33.8 Å². The third kappa shape index (κ3) is 68.5. The Bertz CT molecular complexity index is 2200. The zero-order valence-electron chi connectivity index (χ0n) is 60.3. The van der Waals surface area contributed by atoms with Crippen LogP contribution in [0.5, 0.6) is 0 Å². The Balaban J connectivity index is 5.35. The van der Waals surface area contributed by atoms with Crippen LogP contribution in [0, 0.1) is 0 Å². The lowest BCUT2D eigenvalue weighted by Crippen LogP contribution is -2.30. The smallest absolute Gasteiger partial charge is 0.462 e. The lowest BCUT2D eigenvalue weighted by Gasteiger charge is -2.21. The first-order chi connectivity index (χ1) is 46.7. The van der Waals surface area contributed by atoms with Crippen LogP contribution in [-0.4, -0.2) is 96.7 Å². The Morgan fingerprint density at radius 2 is 0.542 bits per heavy atom. The van der Waals surface area contributed by atoms with Gasteiger partial charge in [0, 0.05) is 25.7 Å². The summed E-state index contributed by atoms with van der Waals surface area (Å²) in [5.74, 6) is -2.23. The summed E-state index contributed by atoms with van der Waals surface area (Å²) in [6, 6.07) is 0. The molecule has 5 atom stereocenters. The molecule has 0 saturated heterocycles. The molecule has 0 aromatic heterocycles. The number of phosphoric acid groups is 2. The molecule has 17 nitrogen and oxygen atoms in total. The number of unbranched alkanes of at least 4 members (excludes halogenated alkanes) is 28. The molecular formula is C77H134O17P2. The number of phosphoric ester groups is 2. The maximum absolute atomic E-state index is 13.1. The third-order valence-electron chi connectivity index (χ3n) is 15.6. The summed E-state index contributed by atoms with van der Waals surface area (Å²) in [5.41, 5.74) is 0. The highest BCUT2D eigenvalue weighted by Gasteiger charge is 2.30. The second kappa shape index (κ2) is 69.5. The van der Waals surface area contributed by atoms with Gasteiger partial charge in [-0.05, 0) is 103 Å². The number of aliphatic hydroxyl groups is 1. The van der Waals surface area contributed by atoms with Crippen molar-refractivity contribution in [1.29, 1.82) is 0 Å².